The summed E-state index contributed by atoms with van der Waals surface area (Å²) in [4.78, 5) is 25.8. The molecule has 2 saturated heterocycles. The van der Waals surface area contributed by atoms with E-state index in [-0.39, 0.29) is 18.5 Å². The lowest BCUT2D eigenvalue weighted by atomic mass is 10.1. The quantitative estimate of drug-likeness (QED) is 0.662. The Bertz CT molecular complexity index is 274. The van der Waals surface area contributed by atoms with Gasteiger partial charge >= 0.3 is 6.03 Å². The lowest BCUT2D eigenvalue weighted by Gasteiger charge is -2.16. The Labute approximate surface area is 89.4 Å². The van der Waals surface area contributed by atoms with Gasteiger partial charge in [-0.15, -0.1) is 0 Å². The van der Waals surface area contributed by atoms with Crippen LogP contribution < -0.4 is 5.32 Å². The van der Waals surface area contributed by atoms with Gasteiger partial charge in [-0.1, -0.05) is 0 Å². The number of carbonyl (C=O) groups is 2. The summed E-state index contributed by atoms with van der Waals surface area (Å²) in [5, 5.41) is 3.28. The number of hydrogen-bond donors (Lipinski definition) is 1. The first kappa shape index (κ1) is 10.4. The van der Waals surface area contributed by atoms with Gasteiger partial charge in [0.15, 0.2) is 0 Å². The van der Waals surface area contributed by atoms with Gasteiger partial charge in [-0.25, -0.2) is 4.79 Å². The number of urea groups is 1. The number of hydrogen-bond acceptors (Lipinski definition) is 3. The molecule has 1 atom stereocenters. The molecule has 84 valence electrons. The maximum Gasteiger partial charge on any atom is 0.326 e. The summed E-state index contributed by atoms with van der Waals surface area (Å²) in [5.41, 5.74) is 0. The summed E-state index contributed by atoms with van der Waals surface area (Å²) in [6, 6.07) is -0.147. The minimum atomic E-state index is -0.147. The van der Waals surface area contributed by atoms with Gasteiger partial charge in [0.05, 0.1) is 0 Å². The molecule has 0 saturated carbocycles. The van der Waals surface area contributed by atoms with Crippen molar-refractivity contribution in [1.29, 1.82) is 0 Å². The summed E-state index contributed by atoms with van der Waals surface area (Å²) < 4.78 is 0. The molecule has 0 aromatic carbocycles. The summed E-state index contributed by atoms with van der Waals surface area (Å²) in [6.45, 7) is 2.90. The number of carbonyl (C=O) groups excluding carboxylic acids is 2. The Balaban J connectivity index is 1.83. The van der Waals surface area contributed by atoms with Crippen LogP contribution in [-0.4, -0.2) is 55.0 Å². The van der Waals surface area contributed by atoms with E-state index in [0.717, 1.165) is 25.9 Å². The van der Waals surface area contributed by atoms with Gasteiger partial charge in [-0.3, -0.25) is 9.69 Å². The SMILES string of the molecule is CN1CC(=O)N(CCC2CCNC2)C1=O. The third-order valence-corrected chi connectivity index (χ3v) is 3.15. The lowest BCUT2D eigenvalue weighted by molar-refractivity contribution is -0.125. The van der Waals surface area contributed by atoms with Gasteiger partial charge in [0, 0.05) is 13.6 Å². The van der Waals surface area contributed by atoms with E-state index in [4.69, 9.17) is 0 Å². The summed E-state index contributed by atoms with van der Waals surface area (Å²) in [5.74, 6) is 0.560. The van der Waals surface area contributed by atoms with Gasteiger partial charge in [0.1, 0.15) is 6.54 Å². The van der Waals surface area contributed by atoms with Crippen molar-refractivity contribution in [2.24, 2.45) is 5.92 Å². The first-order chi connectivity index (χ1) is 7.18. The van der Waals surface area contributed by atoms with Crippen molar-refractivity contribution in [2.45, 2.75) is 12.8 Å². The average molecular weight is 211 g/mol. The van der Waals surface area contributed by atoms with Crippen molar-refractivity contribution in [3.8, 4) is 0 Å². The van der Waals surface area contributed by atoms with Crippen LogP contribution in [0.25, 0.3) is 0 Å². The van der Waals surface area contributed by atoms with Crippen LogP contribution in [0.1, 0.15) is 12.8 Å². The van der Waals surface area contributed by atoms with Gasteiger partial charge in [-0.2, -0.15) is 0 Å². The average Bonchev–Trinajstić information content (AvgIpc) is 2.76. The minimum absolute atomic E-state index is 0.0616. The normalized spacial score (nSPS) is 26.9. The molecule has 2 fully saturated rings. The van der Waals surface area contributed by atoms with E-state index in [1.807, 2.05) is 0 Å². The van der Waals surface area contributed by atoms with Crippen LogP contribution in [0.5, 0.6) is 0 Å². The number of imide groups is 1. The Hall–Kier alpha value is -1.10. The molecule has 2 heterocycles. The molecule has 2 aliphatic rings. The van der Waals surface area contributed by atoms with E-state index in [1.165, 1.54) is 9.80 Å². The highest BCUT2D eigenvalue weighted by molar-refractivity contribution is 6.01. The largest absolute Gasteiger partial charge is 0.326 e. The molecule has 0 aliphatic carbocycles. The molecule has 5 heteroatoms. The van der Waals surface area contributed by atoms with Crippen molar-refractivity contribution in [1.82, 2.24) is 15.1 Å². The number of likely N-dealkylation sites (N-methyl/N-ethyl adjacent to an activating group) is 1. The van der Waals surface area contributed by atoms with E-state index in [1.54, 1.807) is 7.05 Å². The van der Waals surface area contributed by atoms with Crippen LogP contribution in [0.3, 0.4) is 0 Å². The highest BCUT2D eigenvalue weighted by atomic mass is 16.2. The third kappa shape index (κ3) is 2.12. The molecule has 1 unspecified atom stereocenters. The van der Waals surface area contributed by atoms with Crippen molar-refractivity contribution in [2.75, 3.05) is 33.2 Å². The van der Waals surface area contributed by atoms with Crippen LogP contribution in [0.15, 0.2) is 0 Å². The van der Waals surface area contributed by atoms with Crippen LogP contribution >= 0.6 is 0 Å². The van der Waals surface area contributed by atoms with Crippen molar-refractivity contribution >= 4 is 11.9 Å². The number of nitrogens with zero attached hydrogens (tertiary/aromatic N) is 2. The molecule has 0 radical (unpaired) electrons. The predicted octanol–water partition coefficient (Wildman–Crippen LogP) is -0.120. The maximum atomic E-state index is 11.5. The smallest absolute Gasteiger partial charge is 0.318 e. The van der Waals surface area contributed by atoms with Crippen molar-refractivity contribution < 1.29 is 9.59 Å². The summed E-state index contributed by atoms with van der Waals surface area (Å²) >= 11 is 0. The highest BCUT2D eigenvalue weighted by Gasteiger charge is 2.33. The molecule has 0 bridgehead atoms. The molecule has 2 rings (SSSR count). The Morgan fingerprint density at radius 3 is 2.80 bits per heavy atom. The molecule has 15 heavy (non-hydrogen) atoms. The Morgan fingerprint density at radius 1 is 1.47 bits per heavy atom. The van der Waals surface area contributed by atoms with Crippen LogP contribution in [0.2, 0.25) is 0 Å². The fourth-order valence-electron chi connectivity index (χ4n) is 2.16. The molecular weight excluding hydrogens is 194 g/mol. The maximum absolute atomic E-state index is 11.5. The first-order valence-corrected chi connectivity index (χ1v) is 5.44. The topological polar surface area (TPSA) is 52.7 Å². The monoisotopic (exact) mass is 211 g/mol. The zero-order valence-corrected chi connectivity index (χ0v) is 9.03. The van der Waals surface area contributed by atoms with Gasteiger partial charge in [0.2, 0.25) is 5.91 Å². The Kier molecular flexibility index (Phi) is 2.90. The molecule has 5 nitrogen and oxygen atoms in total. The van der Waals surface area contributed by atoms with Crippen LogP contribution in [0, 0.1) is 5.92 Å². The first-order valence-electron chi connectivity index (χ1n) is 5.44. The van der Waals surface area contributed by atoms with E-state index in [2.05, 4.69) is 5.32 Å². The van der Waals surface area contributed by atoms with E-state index in [0.29, 0.717) is 12.5 Å². The second-order valence-corrected chi connectivity index (χ2v) is 4.33. The predicted molar refractivity (Wildman–Crippen MR) is 55.3 cm³/mol. The third-order valence-electron chi connectivity index (χ3n) is 3.15. The standard InChI is InChI=1S/C10H17N3O2/c1-12-7-9(14)13(10(12)15)5-3-8-2-4-11-6-8/h8,11H,2-7H2,1H3. The van der Waals surface area contributed by atoms with Crippen molar-refractivity contribution in [3.63, 3.8) is 0 Å². The second-order valence-electron chi connectivity index (χ2n) is 4.33. The molecule has 0 aromatic rings. The van der Waals surface area contributed by atoms with E-state index < -0.39 is 0 Å². The molecule has 0 spiro atoms. The zero-order valence-electron chi connectivity index (χ0n) is 9.03. The van der Waals surface area contributed by atoms with Gasteiger partial charge in [-0.05, 0) is 31.8 Å². The number of nitrogens with one attached hydrogen (secondary N) is 1. The number of amides is 3. The summed E-state index contributed by atoms with van der Waals surface area (Å²) in [7, 11) is 1.66. The van der Waals surface area contributed by atoms with Gasteiger partial charge < -0.3 is 10.2 Å². The van der Waals surface area contributed by atoms with Crippen molar-refractivity contribution in [3.05, 3.63) is 0 Å². The van der Waals surface area contributed by atoms with Crippen LogP contribution in [-0.2, 0) is 4.79 Å². The zero-order chi connectivity index (χ0) is 10.8. The highest BCUT2D eigenvalue weighted by Crippen LogP contribution is 2.15. The molecular formula is C10H17N3O2. The molecule has 3 amide bonds. The number of rotatable bonds is 3. The van der Waals surface area contributed by atoms with Gasteiger partial charge in [0.25, 0.3) is 0 Å². The lowest BCUT2D eigenvalue weighted by Crippen LogP contribution is -2.33. The fourth-order valence-corrected chi connectivity index (χ4v) is 2.16. The Morgan fingerprint density at radius 2 is 2.27 bits per heavy atom. The molecule has 2 aliphatic heterocycles. The van der Waals surface area contributed by atoms with E-state index in [9.17, 15) is 9.59 Å². The second kappa shape index (κ2) is 4.18. The molecule has 0 aromatic heterocycles. The van der Waals surface area contributed by atoms with Crippen LogP contribution in [0.4, 0.5) is 4.79 Å². The minimum Gasteiger partial charge on any atom is -0.318 e. The fraction of sp³-hybridized carbons (Fsp3) is 0.800. The summed E-state index contributed by atoms with van der Waals surface area (Å²) in [6.07, 6.45) is 2.09. The molecule has 1 N–H and O–H groups in total. The van der Waals surface area contributed by atoms with E-state index >= 15 is 0 Å².